The summed E-state index contributed by atoms with van der Waals surface area (Å²) < 4.78 is 0. The first-order chi connectivity index (χ1) is 14.5. The number of carbonyl (C=O) groups is 3. The quantitative estimate of drug-likeness (QED) is 0.464. The zero-order chi connectivity index (χ0) is 21.3. The van der Waals surface area contributed by atoms with Gasteiger partial charge in [-0.15, -0.1) is 0 Å². The van der Waals surface area contributed by atoms with Crippen LogP contribution in [-0.4, -0.2) is 24.3 Å². The van der Waals surface area contributed by atoms with Crippen molar-refractivity contribution in [1.82, 2.24) is 5.32 Å². The third-order valence-electron chi connectivity index (χ3n) is 4.33. The average Bonchev–Trinajstić information content (AvgIpc) is 2.77. The summed E-state index contributed by atoms with van der Waals surface area (Å²) >= 11 is 0. The van der Waals surface area contributed by atoms with Crippen LogP contribution < -0.4 is 21.7 Å². The van der Waals surface area contributed by atoms with Crippen LogP contribution in [0.2, 0.25) is 0 Å². The first kappa shape index (κ1) is 20.6. The Morgan fingerprint density at radius 1 is 0.767 bits per heavy atom. The maximum Gasteiger partial charge on any atom is 0.251 e. The normalized spacial score (nSPS) is 10.1. The van der Waals surface area contributed by atoms with E-state index in [1.807, 2.05) is 30.3 Å². The average molecular weight is 402 g/mol. The Bertz CT molecular complexity index is 1030. The number of amides is 3. The Kier molecular flexibility index (Phi) is 6.78. The van der Waals surface area contributed by atoms with E-state index in [0.717, 1.165) is 5.56 Å². The molecule has 0 aliphatic carbocycles. The number of nitrogens with one attached hydrogen (secondary N) is 3. The van der Waals surface area contributed by atoms with Crippen molar-refractivity contribution in [2.75, 3.05) is 17.2 Å². The molecular formula is C23H22N4O3. The van der Waals surface area contributed by atoms with Gasteiger partial charge < -0.3 is 21.7 Å². The first-order valence-corrected chi connectivity index (χ1v) is 9.37. The number of nitrogens with two attached hydrogens (primary N) is 1. The minimum atomic E-state index is -0.558. The number of hydrogen-bond acceptors (Lipinski definition) is 4. The van der Waals surface area contributed by atoms with E-state index in [2.05, 4.69) is 16.0 Å². The molecule has 0 bridgehead atoms. The highest BCUT2D eigenvalue weighted by molar-refractivity contribution is 5.97. The number of carbonyl (C=O) groups excluding carboxylic acids is 3. The van der Waals surface area contributed by atoms with Crippen LogP contribution in [0.3, 0.4) is 0 Å². The van der Waals surface area contributed by atoms with Crippen molar-refractivity contribution in [3.8, 4) is 0 Å². The number of benzene rings is 3. The van der Waals surface area contributed by atoms with Crippen LogP contribution in [0.1, 0.15) is 26.3 Å². The van der Waals surface area contributed by atoms with Crippen LogP contribution in [0.4, 0.5) is 11.4 Å². The second-order valence-corrected chi connectivity index (χ2v) is 6.59. The fourth-order valence-electron chi connectivity index (χ4n) is 2.76. The lowest BCUT2D eigenvalue weighted by Crippen LogP contribution is -2.23. The Balaban J connectivity index is 1.48. The maximum absolute atomic E-state index is 12.2. The van der Waals surface area contributed by atoms with E-state index in [1.165, 1.54) is 6.07 Å². The molecule has 3 rings (SSSR count). The number of hydrogen-bond donors (Lipinski definition) is 4. The third-order valence-corrected chi connectivity index (χ3v) is 4.33. The molecule has 7 nitrogen and oxygen atoms in total. The molecule has 30 heavy (non-hydrogen) atoms. The molecule has 3 aromatic carbocycles. The topological polar surface area (TPSA) is 113 Å². The summed E-state index contributed by atoms with van der Waals surface area (Å²) in [7, 11) is 0. The van der Waals surface area contributed by atoms with Gasteiger partial charge in [-0.2, -0.15) is 0 Å². The van der Waals surface area contributed by atoms with Gasteiger partial charge in [0.1, 0.15) is 0 Å². The van der Waals surface area contributed by atoms with Crippen molar-refractivity contribution in [3.63, 3.8) is 0 Å². The summed E-state index contributed by atoms with van der Waals surface area (Å²) in [5.41, 5.74) is 8.31. The van der Waals surface area contributed by atoms with Crippen molar-refractivity contribution in [1.29, 1.82) is 0 Å². The van der Waals surface area contributed by atoms with Gasteiger partial charge in [-0.3, -0.25) is 14.4 Å². The summed E-state index contributed by atoms with van der Waals surface area (Å²) in [6, 6.07) is 22.9. The molecule has 3 amide bonds. The lowest BCUT2D eigenvalue weighted by Gasteiger charge is -2.09. The summed E-state index contributed by atoms with van der Waals surface area (Å²) in [5, 5.41) is 8.55. The predicted molar refractivity (Wildman–Crippen MR) is 116 cm³/mol. The molecule has 0 saturated heterocycles. The molecule has 7 heteroatoms. The first-order valence-electron chi connectivity index (χ1n) is 9.37. The molecule has 0 aromatic heterocycles. The highest BCUT2D eigenvalue weighted by Crippen LogP contribution is 2.12. The maximum atomic E-state index is 12.2. The zero-order valence-corrected chi connectivity index (χ0v) is 16.2. The van der Waals surface area contributed by atoms with Gasteiger partial charge in [-0.05, 0) is 48.0 Å². The van der Waals surface area contributed by atoms with Crippen molar-refractivity contribution in [2.24, 2.45) is 5.73 Å². The molecule has 0 heterocycles. The van der Waals surface area contributed by atoms with Crippen LogP contribution in [0.5, 0.6) is 0 Å². The highest BCUT2D eigenvalue weighted by atomic mass is 16.2. The van der Waals surface area contributed by atoms with Crippen molar-refractivity contribution < 1.29 is 14.4 Å². The van der Waals surface area contributed by atoms with E-state index in [0.29, 0.717) is 29.0 Å². The van der Waals surface area contributed by atoms with E-state index < -0.39 is 5.91 Å². The lowest BCUT2D eigenvalue weighted by molar-refractivity contribution is -0.114. The molecule has 0 atom stereocenters. The molecule has 0 aliphatic rings. The molecule has 0 unspecified atom stereocenters. The predicted octanol–water partition coefficient (Wildman–Crippen LogP) is 2.77. The summed E-state index contributed by atoms with van der Waals surface area (Å²) in [5.74, 6) is -1.00. The van der Waals surface area contributed by atoms with Crippen molar-refractivity contribution in [2.45, 2.75) is 6.54 Å². The van der Waals surface area contributed by atoms with Gasteiger partial charge >= 0.3 is 0 Å². The van der Waals surface area contributed by atoms with Gasteiger partial charge in [0.05, 0.1) is 6.54 Å². The fourth-order valence-corrected chi connectivity index (χ4v) is 2.76. The van der Waals surface area contributed by atoms with E-state index in [-0.39, 0.29) is 18.4 Å². The minimum Gasteiger partial charge on any atom is -0.376 e. The number of anilines is 2. The fraction of sp³-hybridized carbons (Fsp3) is 0.0870. The number of rotatable bonds is 8. The van der Waals surface area contributed by atoms with Crippen LogP contribution >= 0.6 is 0 Å². The largest absolute Gasteiger partial charge is 0.376 e. The van der Waals surface area contributed by atoms with Crippen molar-refractivity contribution in [3.05, 3.63) is 95.6 Å². The second-order valence-electron chi connectivity index (χ2n) is 6.59. The van der Waals surface area contributed by atoms with Crippen LogP contribution in [0.15, 0.2) is 78.9 Å². The molecule has 0 spiro atoms. The Morgan fingerprint density at radius 2 is 1.50 bits per heavy atom. The number of primary amides is 1. The second kappa shape index (κ2) is 9.88. The molecular weight excluding hydrogens is 380 g/mol. The lowest BCUT2D eigenvalue weighted by atomic mass is 10.1. The van der Waals surface area contributed by atoms with E-state index in [4.69, 9.17) is 5.73 Å². The minimum absolute atomic E-state index is 0.0281. The molecule has 0 saturated carbocycles. The van der Waals surface area contributed by atoms with E-state index >= 15 is 0 Å². The van der Waals surface area contributed by atoms with Gasteiger partial charge in [0, 0.05) is 29.0 Å². The Hall–Kier alpha value is -4.13. The van der Waals surface area contributed by atoms with Gasteiger partial charge in [0.2, 0.25) is 11.8 Å². The van der Waals surface area contributed by atoms with Crippen LogP contribution in [0.25, 0.3) is 0 Å². The summed E-state index contributed by atoms with van der Waals surface area (Å²) in [4.78, 5) is 35.6. The van der Waals surface area contributed by atoms with Crippen LogP contribution in [0, 0.1) is 0 Å². The monoisotopic (exact) mass is 402 g/mol. The summed E-state index contributed by atoms with van der Waals surface area (Å²) in [6.45, 7) is 0.483. The van der Waals surface area contributed by atoms with E-state index in [9.17, 15) is 14.4 Å². The summed E-state index contributed by atoms with van der Waals surface area (Å²) in [6.07, 6.45) is 0. The molecule has 0 fully saturated rings. The molecule has 0 radical (unpaired) electrons. The Labute approximate surface area is 174 Å². The molecule has 3 aromatic rings. The highest BCUT2D eigenvalue weighted by Gasteiger charge is 2.07. The molecule has 5 N–H and O–H groups in total. The molecule has 0 aliphatic heterocycles. The van der Waals surface area contributed by atoms with Gasteiger partial charge in [0.15, 0.2) is 0 Å². The standard InChI is InChI=1S/C23H22N4O3/c24-22(29)18-7-4-8-20(13-18)27-21(28)15-25-19-11-9-17(10-12-19)23(30)26-14-16-5-2-1-3-6-16/h1-13,25H,14-15H2,(H2,24,29)(H,26,30)(H,27,28). The van der Waals surface area contributed by atoms with Gasteiger partial charge in [0.25, 0.3) is 5.91 Å². The van der Waals surface area contributed by atoms with Crippen molar-refractivity contribution >= 4 is 29.1 Å². The smallest absolute Gasteiger partial charge is 0.251 e. The van der Waals surface area contributed by atoms with Gasteiger partial charge in [-0.25, -0.2) is 0 Å². The van der Waals surface area contributed by atoms with E-state index in [1.54, 1.807) is 42.5 Å². The van der Waals surface area contributed by atoms with Gasteiger partial charge in [-0.1, -0.05) is 36.4 Å². The zero-order valence-electron chi connectivity index (χ0n) is 16.2. The third kappa shape index (κ3) is 5.93. The van der Waals surface area contributed by atoms with Crippen LogP contribution in [-0.2, 0) is 11.3 Å². The SMILES string of the molecule is NC(=O)c1cccc(NC(=O)CNc2ccc(C(=O)NCc3ccccc3)cc2)c1. The Morgan fingerprint density at radius 3 is 2.20 bits per heavy atom. The molecule has 152 valence electrons.